The summed E-state index contributed by atoms with van der Waals surface area (Å²) in [6.45, 7) is 4.27. The number of carbonyl (C=O) groups is 1. The first kappa shape index (κ1) is 19.3. The smallest absolute Gasteiger partial charge is 0.237 e. The zero-order valence-electron chi connectivity index (χ0n) is 15.8. The summed E-state index contributed by atoms with van der Waals surface area (Å²) in [6, 6.07) is 13.1. The molecule has 1 aliphatic heterocycles. The monoisotopic (exact) mass is 414 g/mol. The SMILES string of the molecule is CCN(Cc1cccc(F)c1)C(=O)CN1CCc2sccc2C1c1cccs1. The molecule has 1 amide bonds. The number of carbonyl (C=O) groups excluding carboxylic acids is 1. The van der Waals surface area contributed by atoms with Crippen molar-refractivity contribution in [3.8, 4) is 0 Å². The second-order valence-electron chi connectivity index (χ2n) is 6.98. The lowest BCUT2D eigenvalue weighted by Crippen LogP contribution is -2.44. The second-order valence-corrected chi connectivity index (χ2v) is 8.96. The fraction of sp³-hybridized carbons (Fsp3) is 0.318. The van der Waals surface area contributed by atoms with E-state index in [4.69, 9.17) is 0 Å². The number of thiophene rings is 2. The molecule has 146 valence electrons. The quantitative estimate of drug-likeness (QED) is 0.570. The van der Waals surface area contributed by atoms with Crippen molar-refractivity contribution in [3.63, 3.8) is 0 Å². The molecular weight excluding hydrogens is 391 g/mol. The summed E-state index contributed by atoms with van der Waals surface area (Å²) in [5, 5.41) is 4.25. The molecule has 0 N–H and O–H groups in total. The van der Waals surface area contributed by atoms with Gasteiger partial charge in [-0.3, -0.25) is 9.69 Å². The van der Waals surface area contributed by atoms with E-state index < -0.39 is 0 Å². The number of hydrogen-bond donors (Lipinski definition) is 0. The molecule has 6 heteroatoms. The number of halogens is 1. The molecule has 1 aromatic carbocycles. The van der Waals surface area contributed by atoms with Gasteiger partial charge in [0.15, 0.2) is 0 Å². The van der Waals surface area contributed by atoms with Crippen LogP contribution in [0, 0.1) is 5.82 Å². The summed E-state index contributed by atoms with van der Waals surface area (Å²) >= 11 is 3.55. The molecule has 0 spiro atoms. The van der Waals surface area contributed by atoms with Crippen LogP contribution in [0.5, 0.6) is 0 Å². The molecule has 1 unspecified atom stereocenters. The number of amides is 1. The lowest BCUT2D eigenvalue weighted by Gasteiger charge is -2.36. The van der Waals surface area contributed by atoms with Gasteiger partial charge in [-0.05, 0) is 59.5 Å². The number of rotatable bonds is 6. The van der Waals surface area contributed by atoms with Crippen molar-refractivity contribution in [2.75, 3.05) is 19.6 Å². The first-order valence-electron chi connectivity index (χ1n) is 9.51. The topological polar surface area (TPSA) is 23.6 Å². The lowest BCUT2D eigenvalue weighted by atomic mass is 9.98. The van der Waals surface area contributed by atoms with Crippen molar-refractivity contribution >= 4 is 28.6 Å². The van der Waals surface area contributed by atoms with Crippen molar-refractivity contribution in [2.45, 2.75) is 25.9 Å². The van der Waals surface area contributed by atoms with Crippen molar-refractivity contribution in [3.05, 3.63) is 79.9 Å². The molecule has 1 aliphatic rings. The van der Waals surface area contributed by atoms with Gasteiger partial charge in [-0.15, -0.1) is 22.7 Å². The maximum Gasteiger partial charge on any atom is 0.237 e. The summed E-state index contributed by atoms with van der Waals surface area (Å²) in [5.41, 5.74) is 2.16. The highest BCUT2D eigenvalue weighted by Crippen LogP contribution is 2.39. The molecule has 0 saturated heterocycles. The predicted molar refractivity (Wildman–Crippen MR) is 113 cm³/mol. The minimum Gasteiger partial charge on any atom is -0.338 e. The molecule has 3 heterocycles. The van der Waals surface area contributed by atoms with Gasteiger partial charge in [0.05, 0.1) is 12.6 Å². The molecule has 3 nitrogen and oxygen atoms in total. The van der Waals surface area contributed by atoms with E-state index in [1.54, 1.807) is 17.4 Å². The van der Waals surface area contributed by atoms with Gasteiger partial charge in [-0.2, -0.15) is 0 Å². The van der Waals surface area contributed by atoms with Gasteiger partial charge in [0, 0.05) is 29.4 Å². The second kappa shape index (κ2) is 8.55. The Morgan fingerprint density at radius 2 is 2.11 bits per heavy atom. The van der Waals surface area contributed by atoms with Gasteiger partial charge in [-0.1, -0.05) is 18.2 Å². The van der Waals surface area contributed by atoms with Crippen LogP contribution in [-0.2, 0) is 17.8 Å². The van der Waals surface area contributed by atoms with Gasteiger partial charge >= 0.3 is 0 Å². The summed E-state index contributed by atoms with van der Waals surface area (Å²) in [6.07, 6.45) is 0.984. The Labute approximate surface area is 173 Å². The fourth-order valence-corrected chi connectivity index (χ4v) is 5.60. The zero-order valence-corrected chi connectivity index (χ0v) is 17.4. The maximum absolute atomic E-state index is 13.5. The highest BCUT2D eigenvalue weighted by atomic mass is 32.1. The van der Waals surface area contributed by atoms with Crippen LogP contribution in [0.2, 0.25) is 0 Å². The number of benzene rings is 1. The Kier molecular flexibility index (Phi) is 5.90. The van der Waals surface area contributed by atoms with E-state index >= 15 is 0 Å². The van der Waals surface area contributed by atoms with E-state index in [0.29, 0.717) is 19.6 Å². The molecule has 0 aliphatic carbocycles. The molecule has 0 saturated carbocycles. The van der Waals surface area contributed by atoms with Crippen LogP contribution in [0.1, 0.15) is 33.8 Å². The standard InChI is InChI=1S/C22H23FN2OS2/c1-2-24(14-16-5-3-6-17(23)13-16)21(26)15-25-10-8-19-18(9-12-28-19)22(25)20-7-4-11-27-20/h3-7,9,11-13,22H,2,8,10,14-15H2,1H3. The summed E-state index contributed by atoms with van der Waals surface area (Å²) < 4.78 is 13.5. The van der Waals surface area contributed by atoms with Crippen LogP contribution < -0.4 is 0 Å². The average Bonchev–Trinajstić information content (AvgIpc) is 3.37. The van der Waals surface area contributed by atoms with Gasteiger partial charge in [-0.25, -0.2) is 4.39 Å². The first-order valence-corrected chi connectivity index (χ1v) is 11.3. The maximum atomic E-state index is 13.5. The number of hydrogen-bond acceptors (Lipinski definition) is 4. The van der Waals surface area contributed by atoms with Crippen molar-refractivity contribution < 1.29 is 9.18 Å². The molecule has 1 atom stereocenters. The van der Waals surface area contributed by atoms with Gasteiger partial charge in [0.25, 0.3) is 0 Å². The van der Waals surface area contributed by atoms with E-state index in [1.165, 1.54) is 27.5 Å². The van der Waals surface area contributed by atoms with Crippen LogP contribution in [0.15, 0.2) is 53.2 Å². The Balaban J connectivity index is 1.52. The molecule has 3 aromatic rings. The highest BCUT2D eigenvalue weighted by Gasteiger charge is 2.32. The Hall–Kier alpha value is -2.02. The van der Waals surface area contributed by atoms with E-state index in [1.807, 2.05) is 29.2 Å². The molecular formula is C22H23FN2OS2. The zero-order chi connectivity index (χ0) is 19.5. The van der Waals surface area contributed by atoms with Crippen molar-refractivity contribution in [1.29, 1.82) is 0 Å². The van der Waals surface area contributed by atoms with E-state index in [-0.39, 0.29) is 17.8 Å². The van der Waals surface area contributed by atoms with Gasteiger partial charge in [0.1, 0.15) is 5.82 Å². The molecule has 0 bridgehead atoms. The molecule has 4 rings (SSSR count). The molecule has 2 aromatic heterocycles. The third-order valence-corrected chi connectivity index (χ3v) is 7.13. The third-order valence-electron chi connectivity index (χ3n) is 5.21. The highest BCUT2D eigenvalue weighted by molar-refractivity contribution is 7.10. The van der Waals surface area contributed by atoms with Crippen LogP contribution >= 0.6 is 22.7 Å². The Morgan fingerprint density at radius 1 is 1.21 bits per heavy atom. The fourth-order valence-electron chi connectivity index (χ4n) is 3.82. The van der Waals surface area contributed by atoms with E-state index in [0.717, 1.165) is 18.5 Å². The average molecular weight is 415 g/mol. The van der Waals surface area contributed by atoms with Crippen LogP contribution in [0.3, 0.4) is 0 Å². The minimum atomic E-state index is -0.264. The van der Waals surface area contributed by atoms with Gasteiger partial charge < -0.3 is 4.90 Å². The summed E-state index contributed by atoms with van der Waals surface area (Å²) in [7, 11) is 0. The van der Waals surface area contributed by atoms with Crippen LogP contribution in [-0.4, -0.2) is 35.3 Å². The predicted octanol–water partition coefficient (Wildman–Crippen LogP) is 4.94. The number of likely N-dealkylation sites (N-methyl/N-ethyl adjacent to an activating group) is 1. The van der Waals surface area contributed by atoms with Crippen LogP contribution in [0.4, 0.5) is 4.39 Å². The Morgan fingerprint density at radius 3 is 2.86 bits per heavy atom. The summed E-state index contributed by atoms with van der Waals surface area (Å²) in [4.78, 5) is 19.9. The summed E-state index contributed by atoms with van der Waals surface area (Å²) in [5.74, 6) is -0.174. The third kappa shape index (κ3) is 4.04. The molecule has 0 fully saturated rings. The molecule has 28 heavy (non-hydrogen) atoms. The van der Waals surface area contributed by atoms with E-state index in [2.05, 4.69) is 33.9 Å². The number of nitrogens with zero attached hydrogens (tertiary/aromatic N) is 2. The van der Waals surface area contributed by atoms with E-state index in [9.17, 15) is 9.18 Å². The van der Waals surface area contributed by atoms with Gasteiger partial charge in [0.2, 0.25) is 5.91 Å². The minimum absolute atomic E-state index is 0.0898. The number of fused-ring (bicyclic) bond motifs is 1. The van der Waals surface area contributed by atoms with Crippen molar-refractivity contribution in [2.24, 2.45) is 0 Å². The Bertz CT molecular complexity index is 938. The first-order chi connectivity index (χ1) is 13.7. The van der Waals surface area contributed by atoms with Crippen LogP contribution in [0.25, 0.3) is 0 Å². The normalized spacial score (nSPS) is 16.7. The largest absolute Gasteiger partial charge is 0.338 e. The molecule has 0 radical (unpaired) electrons. The lowest BCUT2D eigenvalue weighted by molar-refractivity contribution is -0.133. The van der Waals surface area contributed by atoms with Crippen molar-refractivity contribution in [1.82, 2.24) is 9.80 Å².